The van der Waals surface area contributed by atoms with E-state index in [1.807, 2.05) is 0 Å². The molecule has 3 nitrogen and oxygen atoms in total. The van der Waals surface area contributed by atoms with Gasteiger partial charge in [0, 0.05) is 0 Å². The van der Waals surface area contributed by atoms with Gasteiger partial charge in [0.25, 0.3) is 0 Å². The lowest BCUT2D eigenvalue weighted by molar-refractivity contribution is -0.167. The first-order valence-electron chi connectivity index (χ1n) is 11.9. The molecule has 0 radical (unpaired) electrons. The molecule has 0 amide bonds. The van der Waals surface area contributed by atoms with E-state index in [-0.39, 0.29) is 16.9 Å². The third-order valence-electron chi connectivity index (χ3n) is 5.89. The Morgan fingerprint density at radius 3 is 1.89 bits per heavy atom. The second-order valence-electron chi connectivity index (χ2n) is 8.61. The molecule has 2 rings (SSSR count). The smallest absolute Gasteiger partial charge is 0.203 e. The predicted octanol–water partition coefficient (Wildman–Crippen LogP) is 7.31. The normalized spacial score (nSPS) is 22.5. The number of unbranched alkanes of at least 4 members (excludes halogenated alkanes) is 13. The van der Waals surface area contributed by atoms with Gasteiger partial charge in [0.15, 0.2) is 6.29 Å². The van der Waals surface area contributed by atoms with Gasteiger partial charge in [0.1, 0.15) is 6.10 Å². The van der Waals surface area contributed by atoms with Gasteiger partial charge in [-0.05, 0) is 31.3 Å². The minimum atomic E-state index is -0.447. The van der Waals surface area contributed by atoms with Gasteiger partial charge in [-0.1, -0.05) is 102 Å². The summed E-state index contributed by atoms with van der Waals surface area (Å²) in [6.07, 6.45) is 21.8. The largest absolute Gasteiger partial charge is 0.349 e. The molecule has 0 spiro atoms. The Morgan fingerprint density at radius 2 is 1.39 bits per heavy atom. The molecule has 1 aliphatic carbocycles. The van der Waals surface area contributed by atoms with Crippen LogP contribution >= 0.6 is 11.6 Å². The van der Waals surface area contributed by atoms with Gasteiger partial charge in [0.05, 0.1) is 11.6 Å². The molecule has 0 N–H and O–H groups in total. The van der Waals surface area contributed by atoms with E-state index in [0.717, 1.165) is 19.3 Å². The maximum atomic E-state index is 12.0. The van der Waals surface area contributed by atoms with Crippen molar-refractivity contribution >= 4 is 17.4 Å². The highest BCUT2D eigenvalue weighted by Gasteiger charge is 2.41. The zero-order chi connectivity index (χ0) is 20.0. The molecule has 0 aromatic rings. The van der Waals surface area contributed by atoms with Crippen molar-refractivity contribution in [3.05, 3.63) is 11.1 Å². The fraction of sp³-hybridized carbons (Fsp3) is 0.875. The van der Waals surface area contributed by atoms with Crippen LogP contribution in [-0.4, -0.2) is 24.8 Å². The highest BCUT2D eigenvalue weighted by Crippen LogP contribution is 2.38. The molecular formula is C24H41ClO3. The SMILES string of the molecule is CCCCCCCCCCCCCCCCOC1C=C(Cl)C(=O)C(C2CC2)O1. The van der Waals surface area contributed by atoms with Crippen molar-refractivity contribution < 1.29 is 14.3 Å². The van der Waals surface area contributed by atoms with Gasteiger partial charge >= 0.3 is 0 Å². The van der Waals surface area contributed by atoms with Gasteiger partial charge < -0.3 is 9.47 Å². The molecule has 2 unspecified atom stereocenters. The molecule has 1 fully saturated rings. The Morgan fingerprint density at radius 1 is 0.893 bits per heavy atom. The third-order valence-corrected chi connectivity index (χ3v) is 6.20. The molecule has 4 heteroatoms. The molecule has 0 aromatic heterocycles. The summed E-state index contributed by atoms with van der Waals surface area (Å²) < 4.78 is 11.6. The number of ether oxygens (including phenoxy) is 2. The van der Waals surface area contributed by atoms with Crippen molar-refractivity contribution in [1.82, 2.24) is 0 Å². The molecule has 2 aliphatic rings. The minimum absolute atomic E-state index is 0.0690. The van der Waals surface area contributed by atoms with E-state index < -0.39 is 6.29 Å². The van der Waals surface area contributed by atoms with E-state index in [9.17, 15) is 4.79 Å². The van der Waals surface area contributed by atoms with E-state index in [1.54, 1.807) is 6.08 Å². The van der Waals surface area contributed by atoms with Crippen LogP contribution in [0.15, 0.2) is 11.1 Å². The van der Waals surface area contributed by atoms with Crippen molar-refractivity contribution in [2.75, 3.05) is 6.61 Å². The Bertz CT molecular complexity index is 459. The minimum Gasteiger partial charge on any atom is -0.349 e. The van der Waals surface area contributed by atoms with Crippen LogP contribution < -0.4 is 0 Å². The van der Waals surface area contributed by atoms with Crippen molar-refractivity contribution in [1.29, 1.82) is 0 Å². The summed E-state index contributed by atoms with van der Waals surface area (Å²) in [5, 5.41) is 0.286. The molecule has 1 saturated carbocycles. The Kier molecular flexibility index (Phi) is 12.4. The van der Waals surface area contributed by atoms with Crippen molar-refractivity contribution in [2.45, 2.75) is 122 Å². The first-order chi connectivity index (χ1) is 13.7. The highest BCUT2D eigenvalue weighted by atomic mass is 35.5. The number of rotatable bonds is 17. The van der Waals surface area contributed by atoms with Crippen LogP contribution in [0.3, 0.4) is 0 Å². The number of Topliss-reactive ketones (excluding diaryl/α,β-unsaturated/α-hetero) is 1. The van der Waals surface area contributed by atoms with Gasteiger partial charge in [-0.25, -0.2) is 0 Å². The lowest BCUT2D eigenvalue weighted by atomic mass is 10.0. The van der Waals surface area contributed by atoms with E-state index in [1.165, 1.54) is 83.5 Å². The molecule has 2 atom stereocenters. The average molecular weight is 413 g/mol. The van der Waals surface area contributed by atoms with Crippen molar-refractivity contribution in [3.8, 4) is 0 Å². The topological polar surface area (TPSA) is 35.5 Å². The van der Waals surface area contributed by atoms with E-state index in [4.69, 9.17) is 21.1 Å². The Balaban J connectivity index is 1.36. The fourth-order valence-electron chi connectivity index (χ4n) is 3.89. The van der Waals surface area contributed by atoms with Crippen LogP contribution in [0.25, 0.3) is 0 Å². The maximum Gasteiger partial charge on any atom is 0.203 e. The van der Waals surface area contributed by atoms with Crippen LogP contribution in [0, 0.1) is 5.92 Å². The molecule has 162 valence electrons. The molecule has 1 aliphatic heterocycles. The molecule has 0 saturated heterocycles. The lowest BCUT2D eigenvalue weighted by Gasteiger charge is -2.26. The van der Waals surface area contributed by atoms with Crippen LogP contribution in [-0.2, 0) is 14.3 Å². The quantitative estimate of drug-likeness (QED) is 0.235. The van der Waals surface area contributed by atoms with Crippen molar-refractivity contribution in [3.63, 3.8) is 0 Å². The summed E-state index contributed by atoms with van der Waals surface area (Å²) >= 11 is 6.05. The number of carbonyl (C=O) groups excluding carboxylic acids is 1. The first kappa shape index (κ1) is 23.9. The number of ketones is 1. The highest BCUT2D eigenvalue weighted by molar-refractivity contribution is 6.43. The number of hydrogen-bond acceptors (Lipinski definition) is 3. The van der Waals surface area contributed by atoms with E-state index in [0.29, 0.717) is 12.5 Å². The van der Waals surface area contributed by atoms with Crippen LogP contribution in [0.5, 0.6) is 0 Å². The summed E-state index contributed by atoms with van der Waals surface area (Å²) in [4.78, 5) is 12.0. The average Bonchev–Trinajstić information content (AvgIpc) is 3.52. The number of hydrogen-bond donors (Lipinski definition) is 0. The number of carbonyl (C=O) groups is 1. The second kappa shape index (κ2) is 14.6. The van der Waals surface area contributed by atoms with Gasteiger partial charge in [-0.2, -0.15) is 0 Å². The van der Waals surface area contributed by atoms with E-state index >= 15 is 0 Å². The van der Waals surface area contributed by atoms with Gasteiger partial charge in [-0.3, -0.25) is 4.79 Å². The standard InChI is InChI=1S/C24H41ClO3/c1-2-3-4-5-6-7-8-9-10-11-12-13-14-15-18-27-22-19-21(25)23(26)24(28-22)20-16-17-20/h19-20,22,24H,2-18H2,1H3. The van der Waals surface area contributed by atoms with Crippen LogP contribution in [0.2, 0.25) is 0 Å². The third kappa shape index (κ3) is 9.89. The molecule has 1 heterocycles. The van der Waals surface area contributed by atoms with Crippen LogP contribution in [0.1, 0.15) is 110 Å². The first-order valence-corrected chi connectivity index (χ1v) is 12.3. The molecule has 0 aromatic carbocycles. The second-order valence-corrected chi connectivity index (χ2v) is 9.02. The van der Waals surface area contributed by atoms with Crippen molar-refractivity contribution in [2.24, 2.45) is 5.92 Å². The monoisotopic (exact) mass is 412 g/mol. The predicted molar refractivity (Wildman–Crippen MR) is 117 cm³/mol. The van der Waals surface area contributed by atoms with E-state index in [2.05, 4.69) is 6.92 Å². The molecular weight excluding hydrogens is 372 g/mol. The Hall–Kier alpha value is -0.380. The van der Waals surface area contributed by atoms with Crippen LogP contribution in [0.4, 0.5) is 0 Å². The maximum absolute atomic E-state index is 12.0. The molecule has 0 bridgehead atoms. The summed E-state index contributed by atoms with van der Waals surface area (Å²) in [6.45, 7) is 2.95. The number of halogens is 1. The summed E-state index contributed by atoms with van der Waals surface area (Å²) in [5.74, 6) is 0.280. The Labute approximate surface area is 177 Å². The zero-order valence-electron chi connectivity index (χ0n) is 17.9. The zero-order valence-corrected chi connectivity index (χ0v) is 18.7. The summed E-state index contributed by atoms with van der Waals surface area (Å²) in [7, 11) is 0. The molecule has 28 heavy (non-hydrogen) atoms. The summed E-state index contributed by atoms with van der Waals surface area (Å²) in [6, 6.07) is 0. The van der Waals surface area contributed by atoms with Gasteiger partial charge in [0.2, 0.25) is 5.78 Å². The van der Waals surface area contributed by atoms with Gasteiger partial charge in [-0.15, -0.1) is 0 Å². The summed E-state index contributed by atoms with van der Waals surface area (Å²) in [5.41, 5.74) is 0. The fourth-order valence-corrected chi connectivity index (χ4v) is 4.10. The lowest BCUT2D eigenvalue weighted by Crippen LogP contribution is -2.36.